The van der Waals surface area contributed by atoms with E-state index in [1.54, 1.807) is 6.07 Å². The highest BCUT2D eigenvalue weighted by atomic mass is 19.1. The van der Waals surface area contributed by atoms with E-state index >= 15 is 0 Å². The normalized spacial score (nSPS) is 10.1. The zero-order valence-electron chi connectivity index (χ0n) is 11.0. The van der Waals surface area contributed by atoms with Crippen LogP contribution in [0.4, 0.5) is 4.39 Å². The highest BCUT2D eigenvalue weighted by Crippen LogP contribution is 2.18. The lowest BCUT2D eigenvalue weighted by molar-refractivity contribution is 0.239. The van der Waals surface area contributed by atoms with Gasteiger partial charge in [-0.3, -0.25) is 0 Å². The van der Waals surface area contributed by atoms with Crippen molar-refractivity contribution in [2.45, 2.75) is 26.7 Å². The molecule has 0 atom stereocenters. The molecule has 1 aromatic carbocycles. The number of benzene rings is 1. The van der Waals surface area contributed by atoms with E-state index < -0.39 is 0 Å². The van der Waals surface area contributed by atoms with Gasteiger partial charge in [-0.2, -0.15) is 0 Å². The van der Waals surface area contributed by atoms with Gasteiger partial charge in [-0.1, -0.05) is 38.5 Å². The van der Waals surface area contributed by atoms with Gasteiger partial charge in [-0.05, 0) is 18.1 Å². The molecule has 0 aliphatic heterocycles. The van der Waals surface area contributed by atoms with E-state index in [0.717, 1.165) is 12.8 Å². The van der Waals surface area contributed by atoms with E-state index in [-0.39, 0.29) is 12.4 Å². The molecule has 0 aliphatic rings. The molecule has 18 heavy (non-hydrogen) atoms. The molecular weight excluding hydrogens is 229 g/mol. The van der Waals surface area contributed by atoms with Crippen molar-refractivity contribution in [1.29, 1.82) is 0 Å². The Bertz CT molecular complexity index is 430. The average molecular weight is 249 g/mol. The molecule has 1 rings (SSSR count). The van der Waals surface area contributed by atoms with Crippen LogP contribution in [0, 0.1) is 23.6 Å². The van der Waals surface area contributed by atoms with Gasteiger partial charge >= 0.3 is 0 Å². The molecule has 1 aromatic rings. The number of hydrogen-bond acceptors (Lipinski definition) is 2. The van der Waals surface area contributed by atoms with E-state index in [0.29, 0.717) is 23.8 Å². The van der Waals surface area contributed by atoms with Crippen molar-refractivity contribution in [1.82, 2.24) is 0 Å². The van der Waals surface area contributed by atoms with Crippen LogP contribution < -0.4 is 10.5 Å². The Hall–Kier alpha value is -1.53. The van der Waals surface area contributed by atoms with Crippen LogP contribution in [-0.4, -0.2) is 13.2 Å². The van der Waals surface area contributed by atoms with Crippen molar-refractivity contribution in [2.24, 2.45) is 11.7 Å². The number of hydrogen-bond donors (Lipinski definition) is 1. The number of ether oxygens (including phenoxy) is 1. The first-order valence-corrected chi connectivity index (χ1v) is 6.31. The summed E-state index contributed by atoms with van der Waals surface area (Å²) in [6, 6.07) is 4.51. The Balaban J connectivity index is 2.73. The van der Waals surface area contributed by atoms with Crippen molar-refractivity contribution >= 4 is 0 Å². The van der Waals surface area contributed by atoms with Crippen molar-refractivity contribution in [3.05, 3.63) is 29.6 Å². The fourth-order valence-electron chi connectivity index (χ4n) is 1.61. The second-order valence-electron chi connectivity index (χ2n) is 4.18. The van der Waals surface area contributed by atoms with Crippen LogP contribution in [0.25, 0.3) is 0 Å². The summed E-state index contributed by atoms with van der Waals surface area (Å²) in [5.41, 5.74) is 5.89. The van der Waals surface area contributed by atoms with E-state index in [4.69, 9.17) is 10.5 Å². The summed E-state index contributed by atoms with van der Waals surface area (Å²) in [5, 5.41) is 0. The van der Waals surface area contributed by atoms with Crippen LogP contribution in [0.15, 0.2) is 18.2 Å². The van der Waals surface area contributed by atoms with Crippen LogP contribution in [0.5, 0.6) is 5.75 Å². The van der Waals surface area contributed by atoms with Crippen LogP contribution in [0.3, 0.4) is 0 Å². The third-order valence-corrected chi connectivity index (χ3v) is 2.85. The molecule has 0 spiro atoms. The first-order valence-electron chi connectivity index (χ1n) is 6.31. The van der Waals surface area contributed by atoms with E-state index in [1.165, 1.54) is 12.1 Å². The molecule has 0 amide bonds. The Morgan fingerprint density at radius 2 is 2.00 bits per heavy atom. The molecule has 3 heteroatoms. The quantitative estimate of drug-likeness (QED) is 0.814. The summed E-state index contributed by atoms with van der Waals surface area (Å²) in [5.74, 6) is 6.21. The van der Waals surface area contributed by atoms with Crippen molar-refractivity contribution < 1.29 is 9.13 Å². The summed E-state index contributed by atoms with van der Waals surface area (Å²) >= 11 is 0. The average Bonchev–Trinajstić information content (AvgIpc) is 2.37. The summed E-state index contributed by atoms with van der Waals surface area (Å²) in [6.07, 6.45) is 2.12. The van der Waals surface area contributed by atoms with Gasteiger partial charge in [0, 0.05) is 11.6 Å². The smallest absolute Gasteiger partial charge is 0.128 e. The minimum absolute atomic E-state index is 0.264. The minimum Gasteiger partial charge on any atom is -0.493 e. The monoisotopic (exact) mass is 249 g/mol. The van der Waals surface area contributed by atoms with Crippen molar-refractivity contribution in [3.8, 4) is 17.6 Å². The van der Waals surface area contributed by atoms with Gasteiger partial charge in [-0.25, -0.2) is 4.39 Å². The number of rotatable bonds is 5. The summed E-state index contributed by atoms with van der Waals surface area (Å²) in [6.45, 7) is 5.13. The molecule has 0 aliphatic carbocycles. The van der Waals surface area contributed by atoms with E-state index in [9.17, 15) is 4.39 Å². The maximum Gasteiger partial charge on any atom is 0.128 e. The lowest BCUT2D eigenvalue weighted by Crippen LogP contribution is -2.10. The largest absolute Gasteiger partial charge is 0.493 e. The fourth-order valence-corrected chi connectivity index (χ4v) is 1.61. The molecule has 0 radical (unpaired) electrons. The molecule has 2 N–H and O–H groups in total. The Morgan fingerprint density at radius 1 is 1.28 bits per heavy atom. The van der Waals surface area contributed by atoms with Crippen molar-refractivity contribution in [2.75, 3.05) is 13.2 Å². The molecule has 0 aromatic heterocycles. The molecular formula is C15H20FNO. The van der Waals surface area contributed by atoms with Gasteiger partial charge in [0.1, 0.15) is 11.6 Å². The molecule has 0 bridgehead atoms. The van der Waals surface area contributed by atoms with Gasteiger partial charge in [0.25, 0.3) is 0 Å². The van der Waals surface area contributed by atoms with Gasteiger partial charge in [-0.15, -0.1) is 0 Å². The SMILES string of the molecule is CCC(CC)COc1cc(F)cc(C#CCN)c1. The zero-order valence-corrected chi connectivity index (χ0v) is 11.0. The number of nitrogens with two attached hydrogens (primary N) is 1. The van der Waals surface area contributed by atoms with Crippen LogP contribution >= 0.6 is 0 Å². The van der Waals surface area contributed by atoms with Gasteiger partial charge in [0.05, 0.1) is 13.2 Å². The first-order chi connectivity index (χ1) is 8.69. The zero-order chi connectivity index (χ0) is 13.4. The van der Waals surface area contributed by atoms with Gasteiger partial charge in [0.2, 0.25) is 0 Å². The first kappa shape index (κ1) is 14.5. The molecule has 0 fully saturated rings. The van der Waals surface area contributed by atoms with Gasteiger partial charge < -0.3 is 10.5 Å². The molecule has 0 saturated carbocycles. The Kier molecular flexibility index (Phi) is 6.24. The maximum atomic E-state index is 13.4. The summed E-state index contributed by atoms with van der Waals surface area (Å²) in [4.78, 5) is 0. The Morgan fingerprint density at radius 3 is 2.61 bits per heavy atom. The van der Waals surface area contributed by atoms with Crippen LogP contribution in [0.2, 0.25) is 0 Å². The van der Waals surface area contributed by atoms with E-state index in [1.807, 2.05) is 0 Å². The molecule has 98 valence electrons. The van der Waals surface area contributed by atoms with E-state index in [2.05, 4.69) is 25.7 Å². The highest BCUT2D eigenvalue weighted by Gasteiger charge is 2.06. The third-order valence-electron chi connectivity index (χ3n) is 2.85. The predicted molar refractivity (Wildman–Crippen MR) is 71.9 cm³/mol. The van der Waals surface area contributed by atoms with Crippen molar-refractivity contribution in [3.63, 3.8) is 0 Å². The number of halogens is 1. The van der Waals surface area contributed by atoms with Gasteiger partial charge in [0.15, 0.2) is 0 Å². The second kappa shape index (κ2) is 7.73. The molecule has 0 heterocycles. The second-order valence-corrected chi connectivity index (χ2v) is 4.18. The summed E-state index contributed by atoms with van der Waals surface area (Å²) in [7, 11) is 0. The van der Waals surface area contributed by atoms with Crippen LogP contribution in [-0.2, 0) is 0 Å². The lowest BCUT2D eigenvalue weighted by atomic mass is 10.1. The Labute approximate surface area is 108 Å². The van der Waals surface area contributed by atoms with Crippen LogP contribution in [0.1, 0.15) is 32.3 Å². The maximum absolute atomic E-state index is 13.4. The molecule has 2 nitrogen and oxygen atoms in total. The standard InChI is InChI=1S/C15H20FNO/c1-3-12(4-2)11-18-15-9-13(6-5-7-17)8-14(16)10-15/h8-10,12H,3-4,7,11,17H2,1-2H3. The molecule has 0 unspecified atom stereocenters. The fraction of sp³-hybridized carbons (Fsp3) is 0.467. The lowest BCUT2D eigenvalue weighted by Gasteiger charge is -2.13. The summed E-state index contributed by atoms with van der Waals surface area (Å²) < 4.78 is 19.0. The minimum atomic E-state index is -0.335. The predicted octanol–water partition coefficient (Wildman–Crippen LogP) is 2.95. The topological polar surface area (TPSA) is 35.2 Å². The molecule has 0 saturated heterocycles. The third kappa shape index (κ3) is 4.77. The highest BCUT2D eigenvalue weighted by molar-refractivity contribution is 5.40.